The van der Waals surface area contributed by atoms with Crippen LogP contribution in [0.15, 0.2) is 109 Å². The van der Waals surface area contributed by atoms with Gasteiger partial charge >= 0.3 is 12.1 Å². The number of rotatable bonds is 13. The Kier molecular flexibility index (Phi) is 11.8. The van der Waals surface area contributed by atoms with E-state index in [1.165, 1.54) is 6.07 Å². The first kappa shape index (κ1) is 32.0. The molecule has 0 saturated carbocycles. The van der Waals surface area contributed by atoms with Gasteiger partial charge in [-0.1, -0.05) is 78.9 Å². The number of hydrogen-bond acceptors (Lipinski definition) is 7. The van der Waals surface area contributed by atoms with Crippen molar-refractivity contribution in [1.82, 2.24) is 10.6 Å². The summed E-state index contributed by atoms with van der Waals surface area (Å²) in [6.45, 7) is 0.256. The van der Waals surface area contributed by atoms with Crippen LogP contribution in [0.4, 0.5) is 10.5 Å². The number of carbonyl (C=O) groups is 4. The summed E-state index contributed by atoms with van der Waals surface area (Å²) in [4.78, 5) is 50.8. The highest BCUT2D eigenvalue weighted by Crippen LogP contribution is 2.14. The fourth-order valence-electron chi connectivity index (χ4n) is 4.23. The summed E-state index contributed by atoms with van der Waals surface area (Å²) >= 11 is 0. The summed E-state index contributed by atoms with van der Waals surface area (Å²) in [6.07, 6.45) is -0.653. The van der Waals surface area contributed by atoms with Crippen LogP contribution < -0.4 is 16.0 Å². The minimum atomic E-state index is -1.03. The second-order valence-electron chi connectivity index (χ2n) is 9.99. The van der Waals surface area contributed by atoms with E-state index in [9.17, 15) is 19.2 Å². The topological polar surface area (TPSA) is 147 Å². The summed E-state index contributed by atoms with van der Waals surface area (Å²) in [7, 11) is 0. The average molecular weight is 605 g/mol. The minimum absolute atomic E-state index is 0.00192. The SMILES string of the molecule is N#Cc1ccc(CC(NC(=O)OCc2ccccc2)C(=O)Nc2cccc(C(=O)NCCC(=O)OCc3ccccc3)c2)cc1. The molecule has 3 N–H and O–H groups in total. The van der Waals surface area contributed by atoms with E-state index in [0.717, 1.165) is 11.1 Å². The van der Waals surface area contributed by atoms with Gasteiger partial charge in [0.2, 0.25) is 5.91 Å². The molecule has 0 bridgehead atoms. The summed E-state index contributed by atoms with van der Waals surface area (Å²) in [6, 6.07) is 32.4. The van der Waals surface area contributed by atoms with E-state index in [-0.39, 0.29) is 38.2 Å². The molecule has 3 amide bonds. The number of ether oxygens (including phenoxy) is 2. The van der Waals surface area contributed by atoms with Gasteiger partial charge in [-0.15, -0.1) is 0 Å². The molecule has 0 aliphatic carbocycles. The van der Waals surface area contributed by atoms with E-state index in [4.69, 9.17) is 14.7 Å². The molecule has 0 aliphatic heterocycles. The van der Waals surface area contributed by atoms with Gasteiger partial charge in [0.1, 0.15) is 19.3 Å². The van der Waals surface area contributed by atoms with E-state index in [1.807, 2.05) is 66.7 Å². The van der Waals surface area contributed by atoms with Crippen molar-refractivity contribution in [3.8, 4) is 6.07 Å². The fourth-order valence-corrected chi connectivity index (χ4v) is 4.23. The maximum atomic E-state index is 13.4. The summed E-state index contributed by atoms with van der Waals surface area (Å²) in [5, 5.41) is 17.1. The average Bonchev–Trinajstić information content (AvgIpc) is 3.07. The summed E-state index contributed by atoms with van der Waals surface area (Å²) < 4.78 is 10.5. The molecular weight excluding hydrogens is 572 g/mol. The lowest BCUT2D eigenvalue weighted by molar-refractivity contribution is -0.144. The monoisotopic (exact) mass is 604 g/mol. The molecule has 0 spiro atoms. The van der Waals surface area contributed by atoms with Crippen molar-refractivity contribution in [3.05, 3.63) is 137 Å². The highest BCUT2D eigenvalue weighted by atomic mass is 16.5. The van der Waals surface area contributed by atoms with E-state index >= 15 is 0 Å². The van der Waals surface area contributed by atoms with Crippen molar-refractivity contribution in [2.45, 2.75) is 32.1 Å². The Balaban J connectivity index is 1.33. The van der Waals surface area contributed by atoms with Gasteiger partial charge in [-0.2, -0.15) is 5.26 Å². The Hall–Kier alpha value is -5.95. The molecule has 10 heteroatoms. The van der Waals surface area contributed by atoms with Crippen molar-refractivity contribution in [3.63, 3.8) is 0 Å². The quantitative estimate of drug-likeness (QED) is 0.184. The Bertz CT molecular complexity index is 1640. The number of alkyl carbamates (subject to hydrolysis) is 1. The van der Waals surface area contributed by atoms with Crippen LogP contribution in [0.25, 0.3) is 0 Å². The third kappa shape index (κ3) is 10.7. The number of nitriles is 1. The maximum absolute atomic E-state index is 13.4. The predicted molar refractivity (Wildman–Crippen MR) is 167 cm³/mol. The molecule has 0 heterocycles. The highest BCUT2D eigenvalue weighted by Gasteiger charge is 2.23. The fraction of sp³-hybridized carbons (Fsp3) is 0.171. The molecule has 0 aromatic heterocycles. The van der Waals surface area contributed by atoms with Crippen molar-refractivity contribution < 1.29 is 28.7 Å². The third-order valence-corrected chi connectivity index (χ3v) is 6.59. The molecule has 1 atom stereocenters. The molecule has 0 radical (unpaired) electrons. The molecule has 0 fully saturated rings. The Morgan fingerprint density at radius 1 is 0.733 bits per heavy atom. The number of carbonyl (C=O) groups excluding carboxylic acids is 4. The minimum Gasteiger partial charge on any atom is -0.461 e. The van der Waals surface area contributed by atoms with Crippen molar-refractivity contribution in [2.24, 2.45) is 0 Å². The third-order valence-electron chi connectivity index (χ3n) is 6.59. The van der Waals surface area contributed by atoms with E-state index in [2.05, 4.69) is 16.0 Å². The second kappa shape index (κ2) is 16.6. The van der Waals surface area contributed by atoms with Gasteiger partial charge in [-0.25, -0.2) is 4.79 Å². The van der Waals surface area contributed by atoms with Gasteiger partial charge in [0.05, 0.1) is 18.1 Å². The lowest BCUT2D eigenvalue weighted by atomic mass is 10.0. The van der Waals surface area contributed by atoms with E-state index < -0.39 is 29.9 Å². The van der Waals surface area contributed by atoms with Gasteiger partial charge < -0.3 is 25.4 Å². The van der Waals surface area contributed by atoms with Crippen LogP contribution in [-0.4, -0.2) is 36.5 Å². The lowest BCUT2D eigenvalue weighted by Crippen LogP contribution is -2.45. The Labute approximate surface area is 261 Å². The van der Waals surface area contributed by atoms with Crippen LogP contribution in [-0.2, 0) is 38.7 Å². The lowest BCUT2D eigenvalue weighted by Gasteiger charge is -2.19. The first-order chi connectivity index (χ1) is 21.9. The highest BCUT2D eigenvalue weighted by molar-refractivity contribution is 5.99. The predicted octanol–water partition coefficient (Wildman–Crippen LogP) is 4.90. The number of amides is 3. The molecular formula is C35H32N4O6. The van der Waals surface area contributed by atoms with Crippen LogP contribution in [0.1, 0.15) is 39.0 Å². The van der Waals surface area contributed by atoms with Crippen LogP contribution in [0.5, 0.6) is 0 Å². The van der Waals surface area contributed by atoms with Crippen molar-refractivity contribution >= 4 is 29.6 Å². The van der Waals surface area contributed by atoms with Gasteiger partial charge in [0.15, 0.2) is 0 Å². The van der Waals surface area contributed by atoms with Gasteiger partial charge in [0, 0.05) is 24.2 Å². The number of nitrogens with one attached hydrogen (secondary N) is 3. The molecule has 10 nitrogen and oxygen atoms in total. The van der Waals surface area contributed by atoms with Crippen LogP contribution in [0, 0.1) is 11.3 Å². The van der Waals surface area contributed by atoms with Crippen LogP contribution in [0.2, 0.25) is 0 Å². The summed E-state index contributed by atoms with van der Waals surface area (Å²) in [5.41, 5.74) is 3.44. The molecule has 228 valence electrons. The van der Waals surface area contributed by atoms with E-state index in [1.54, 1.807) is 42.5 Å². The van der Waals surface area contributed by atoms with Crippen LogP contribution in [0.3, 0.4) is 0 Å². The molecule has 45 heavy (non-hydrogen) atoms. The Morgan fingerprint density at radius 2 is 1.38 bits per heavy atom. The molecule has 0 saturated heterocycles. The number of hydrogen-bond donors (Lipinski definition) is 3. The van der Waals surface area contributed by atoms with Gasteiger partial charge in [-0.3, -0.25) is 14.4 Å². The van der Waals surface area contributed by atoms with Crippen molar-refractivity contribution in [1.29, 1.82) is 5.26 Å². The maximum Gasteiger partial charge on any atom is 0.408 e. The zero-order valence-electron chi connectivity index (χ0n) is 24.4. The number of anilines is 1. The zero-order chi connectivity index (χ0) is 31.9. The van der Waals surface area contributed by atoms with Gasteiger partial charge in [-0.05, 0) is 47.0 Å². The smallest absolute Gasteiger partial charge is 0.408 e. The number of benzene rings is 4. The van der Waals surface area contributed by atoms with Crippen LogP contribution >= 0.6 is 0 Å². The summed E-state index contributed by atoms with van der Waals surface area (Å²) in [5.74, 6) is -1.41. The number of nitrogens with zero attached hydrogens (tertiary/aromatic N) is 1. The first-order valence-electron chi connectivity index (χ1n) is 14.2. The molecule has 4 aromatic rings. The normalized spacial score (nSPS) is 10.9. The molecule has 4 aromatic carbocycles. The van der Waals surface area contributed by atoms with Crippen molar-refractivity contribution in [2.75, 3.05) is 11.9 Å². The zero-order valence-corrected chi connectivity index (χ0v) is 24.4. The van der Waals surface area contributed by atoms with Gasteiger partial charge in [0.25, 0.3) is 5.91 Å². The first-order valence-corrected chi connectivity index (χ1v) is 14.2. The molecule has 4 rings (SSSR count). The van der Waals surface area contributed by atoms with E-state index in [0.29, 0.717) is 16.8 Å². The molecule has 1 unspecified atom stereocenters. The molecule has 0 aliphatic rings. The second-order valence-corrected chi connectivity index (χ2v) is 9.99. The standard InChI is InChI=1S/C35H32N4O6/c36-22-26-16-14-25(15-17-26)20-31(39-35(43)45-24-28-10-5-2-6-11-28)34(42)38-30-13-7-12-29(21-30)33(41)37-19-18-32(40)44-23-27-8-3-1-4-9-27/h1-17,21,31H,18-20,23-24H2,(H,37,41)(H,38,42)(H,39,43). The Morgan fingerprint density at radius 3 is 2.02 bits per heavy atom. The number of esters is 1. The largest absolute Gasteiger partial charge is 0.461 e.